The van der Waals surface area contributed by atoms with Crippen molar-refractivity contribution in [2.45, 2.75) is 25.7 Å². The lowest BCUT2D eigenvalue weighted by atomic mass is 10.1. The Kier molecular flexibility index (Phi) is 5.61. The van der Waals surface area contributed by atoms with E-state index in [0.717, 1.165) is 43.9 Å². The van der Waals surface area contributed by atoms with Crippen molar-refractivity contribution >= 4 is 40.0 Å². The average Bonchev–Trinajstić information content (AvgIpc) is 3.03. The largest absolute Gasteiger partial charge is 0.481 e. The molecule has 0 radical (unpaired) electrons. The first kappa shape index (κ1) is 18.1. The van der Waals surface area contributed by atoms with Gasteiger partial charge in [-0.25, -0.2) is 14.2 Å². The van der Waals surface area contributed by atoms with E-state index < -0.39 is 12.0 Å². The molecule has 0 saturated carbocycles. The van der Waals surface area contributed by atoms with Crippen LogP contribution < -0.4 is 15.5 Å². The minimum atomic E-state index is -1.05. The van der Waals surface area contributed by atoms with E-state index in [0.29, 0.717) is 11.4 Å². The maximum atomic E-state index is 13.7. The van der Waals surface area contributed by atoms with E-state index in [4.69, 9.17) is 5.11 Å². The van der Waals surface area contributed by atoms with Crippen LogP contribution in [-0.4, -0.2) is 39.6 Å². The highest BCUT2D eigenvalue weighted by molar-refractivity contribution is 7.09. The zero-order chi connectivity index (χ0) is 18.5. The van der Waals surface area contributed by atoms with Gasteiger partial charge >= 0.3 is 12.0 Å². The number of nitrogens with one attached hydrogen (secondary N) is 2. The Morgan fingerprint density at radius 1 is 1.23 bits per heavy atom. The van der Waals surface area contributed by atoms with Crippen LogP contribution >= 0.6 is 11.5 Å². The van der Waals surface area contributed by atoms with Crippen LogP contribution in [0.3, 0.4) is 0 Å². The summed E-state index contributed by atoms with van der Waals surface area (Å²) in [6, 6.07) is 3.68. The van der Waals surface area contributed by atoms with Gasteiger partial charge in [0.25, 0.3) is 0 Å². The van der Waals surface area contributed by atoms with Gasteiger partial charge in [-0.1, -0.05) is 0 Å². The molecular weight excluding hydrogens is 361 g/mol. The summed E-state index contributed by atoms with van der Waals surface area (Å²) < 4.78 is 17.5. The van der Waals surface area contributed by atoms with Gasteiger partial charge < -0.3 is 15.3 Å². The summed E-state index contributed by atoms with van der Waals surface area (Å²) in [5, 5.41) is 14.1. The lowest BCUT2D eigenvalue weighted by molar-refractivity contribution is -0.136. The molecule has 0 atom stereocenters. The number of carbonyl (C=O) groups is 2. The molecule has 138 valence electrons. The monoisotopic (exact) mass is 379 g/mol. The third-order valence-corrected chi connectivity index (χ3v) is 4.57. The Hall–Kier alpha value is -2.75. The number of hydrogen-bond donors (Lipinski definition) is 3. The zero-order valence-corrected chi connectivity index (χ0v) is 14.7. The summed E-state index contributed by atoms with van der Waals surface area (Å²) in [5.74, 6) is -1.27. The Labute approximate surface area is 153 Å². The van der Waals surface area contributed by atoms with Crippen LogP contribution in [0.15, 0.2) is 18.2 Å². The van der Waals surface area contributed by atoms with E-state index in [1.54, 1.807) is 0 Å². The average molecular weight is 379 g/mol. The van der Waals surface area contributed by atoms with Crippen LogP contribution in [0.4, 0.5) is 25.7 Å². The van der Waals surface area contributed by atoms with Gasteiger partial charge in [0, 0.05) is 24.6 Å². The van der Waals surface area contributed by atoms with E-state index in [2.05, 4.69) is 24.9 Å². The van der Waals surface area contributed by atoms with Crippen LogP contribution in [0.2, 0.25) is 0 Å². The van der Waals surface area contributed by atoms with Crippen molar-refractivity contribution in [2.75, 3.05) is 28.6 Å². The first-order valence-corrected chi connectivity index (χ1v) is 8.95. The first-order valence-electron chi connectivity index (χ1n) is 8.18. The third kappa shape index (κ3) is 4.66. The smallest absolute Gasteiger partial charge is 0.325 e. The number of carboxylic acids is 1. The molecule has 1 aliphatic heterocycles. The molecule has 3 N–H and O–H groups in total. The normalized spacial score (nSPS) is 14.1. The quantitative estimate of drug-likeness (QED) is 0.737. The SMILES string of the molecule is O=C(O)Cc1nsc(NC(=O)Nc2ccc(F)cc2N2CCCCC2)n1. The molecule has 2 aromatic rings. The van der Waals surface area contributed by atoms with Crippen molar-refractivity contribution in [3.05, 3.63) is 29.8 Å². The molecule has 1 aliphatic rings. The maximum absolute atomic E-state index is 13.7. The number of carbonyl (C=O) groups excluding carboxylic acids is 1. The number of hydrogen-bond acceptors (Lipinski definition) is 6. The summed E-state index contributed by atoms with van der Waals surface area (Å²) >= 11 is 0.898. The fraction of sp³-hybridized carbons (Fsp3) is 0.375. The number of anilines is 3. The molecule has 0 spiro atoms. The minimum Gasteiger partial charge on any atom is -0.481 e. The van der Waals surface area contributed by atoms with Crippen LogP contribution in [0, 0.1) is 5.82 Å². The number of aliphatic carboxylic acids is 1. The van der Waals surface area contributed by atoms with E-state index in [9.17, 15) is 14.0 Å². The molecule has 8 nitrogen and oxygen atoms in total. The summed E-state index contributed by atoms with van der Waals surface area (Å²) in [6.45, 7) is 1.63. The van der Waals surface area contributed by atoms with Gasteiger partial charge in [0.15, 0.2) is 5.82 Å². The summed E-state index contributed by atoms with van der Waals surface area (Å²) in [4.78, 5) is 28.9. The molecule has 2 heterocycles. The molecule has 0 aliphatic carbocycles. The molecule has 10 heteroatoms. The molecule has 1 aromatic heterocycles. The van der Waals surface area contributed by atoms with E-state index in [1.807, 2.05) is 0 Å². The second-order valence-corrected chi connectivity index (χ2v) is 6.63. The topological polar surface area (TPSA) is 107 Å². The fourth-order valence-corrected chi connectivity index (χ4v) is 3.35. The van der Waals surface area contributed by atoms with Crippen molar-refractivity contribution in [2.24, 2.45) is 0 Å². The molecule has 0 bridgehead atoms. The molecular formula is C16H18FN5O3S. The first-order chi connectivity index (χ1) is 12.5. The summed E-state index contributed by atoms with van der Waals surface area (Å²) in [6.07, 6.45) is 2.89. The third-order valence-electron chi connectivity index (χ3n) is 3.90. The Bertz CT molecular complexity index is 807. The lowest BCUT2D eigenvalue weighted by Gasteiger charge is -2.30. The van der Waals surface area contributed by atoms with Crippen molar-refractivity contribution in [1.82, 2.24) is 9.36 Å². The number of rotatable bonds is 5. The van der Waals surface area contributed by atoms with Crippen molar-refractivity contribution in [1.29, 1.82) is 0 Å². The second kappa shape index (κ2) is 8.09. The number of halogens is 1. The number of benzene rings is 1. The summed E-state index contributed by atoms with van der Waals surface area (Å²) in [5.41, 5.74) is 1.14. The van der Waals surface area contributed by atoms with Gasteiger partial charge in [0.1, 0.15) is 12.2 Å². The van der Waals surface area contributed by atoms with Crippen molar-refractivity contribution in [3.8, 4) is 0 Å². The molecule has 2 amide bonds. The highest BCUT2D eigenvalue weighted by Gasteiger charge is 2.17. The van der Waals surface area contributed by atoms with Crippen LogP contribution in [-0.2, 0) is 11.2 Å². The molecule has 1 saturated heterocycles. The fourth-order valence-electron chi connectivity index (χ4n) is 2.77. The van der Waals surface area contributed by atoms with Crippen molar-refractivity contribution < 1.29 is 19.1 Å². The van der Waals surface area contributed by atoms with Crippen molar-refractivity contribution in [3.63, 3.8) is 0 Å². The molecule has 1 aromatic carbocycles. The Morgan fingerprint density at radius 2 is 2.00 bits per heavy atom. The molecule has 0 unspecified atom stereocenters. The van der Waals surface area contributed by atoms with Crippen LogP contribution in [0.5, 0.6) is 0 Å². The van der Waals surface area contributed by atoms with Gasteiger partial charge in [-0.2, -0.15) is 4.37 Å². The lowest BCUT2D eigenvalue weighted by Crippen LogP contribution is -2.31. The molecule has 26 heavy (non-hydrogen) atoms. The summed E-state index contributed by atoms with van der Waals surface area (Å²) in [7, 11) is 0. The number of urea groups is 1. The van der Waals surface area contributed by atoms with Gasteiger partial charge in [-0.15, -0.1) is 0 Å². The highest BCUT2D eigenvalue weighted by atomic mass is 32.1. The number of piperidine rings is 1. The molecule has 3 rings (SSSR count). The van der Waals surface area contributed by atoms with Gasteiger partial charge in [-0.3, -0.25) is 10.1 Å². The predicted molar refractivity (Wildman–Crippen MR) is 96.4 cm³/mol. The van der Waals surface area contributed by atoms with Gasteiger partial charge in [0.05, 0.1) is 11.4 Å². The van der Waals surface area contributed by atoms with E-state index in [1.165, 1.54) is 18.2 Å². The minimum absolute atomic E-state index is 0.133. The number of carboxylic acid groups (broad SMARTS) is 1. The van der Waals surface area contributed by atoms with Crippen LogP contribution in [0.1, 0.15) is 25.1 Å². The number of nitrogens with zero attached hydrogens (tertiary/aromatic N) is 3. The predicted octanol–water partition coefficient (Wildman–Crippen LogP) is 2.94. The van der Waals surface area contributed by atoms with E-state index >= 15 is 0 Å². The number of amides is 2. The van der Waals surface area contributed by atoms with E-state index in [-0.39, 0.29) is 23.2 Å². The number of aromatic nitrogens is 2. The van der Waals surface area contributed by atoms with Gasteiger partial charge in [0.2, 0.25) is 5.13 Å². The Morgan fingerprint density at radius 3 is 2.73 bits per heavy atom. The standard InChI is InChI=1S/C16H18FN5O3S/c17-10-4-5-11(12(8-10)22-6-2-1-3-7-22)18-15(25)20-16-19-13(21-26-16)9-14(23)24/h4-5,8H,1-3,6-7,9H2,(H,23,24)(H2,18,19,20,21,25). The molecule has 1 fully saturated rings. The Balaban J connectivity index is 1.68. The van der Waals surface area contributed by atoms with Crippen LogP contribution in [0.25, 0.3) is 0 Å². The van der Waals surface area contributed by atoms with Gasteiger partial charge in [-0.05, 0) is 37.5 Å². The highest BCUT2D eigenvalue weighted by Crippen LogP contribution is 2.29. The zero-order valence-electron chi connectivity index (χ0n) is 13.9. The second-order valence-electron chi connectivity index (χ2n) is 5.87. The maximum Gasteiger partial charge on any atom is 0.325 e.